The zero-order valence-corrected chi connectivity index (χ0v) is 20.3. The lowest BCUT2D eigenvalue weighted by atomic mass is 10.0. The van der Waals surface area contributed by atoms with Crippen LogP contribution in [0.2, 0.25) is 10.0 Å². The Bertz CT molecular complexity index is 1370. The molecule has 1 aliphatic rings. The number of anilines is 1. The van der Waals surface area contributed by atoms with Crippen LogP contribution in [0.4, 0.5) is 10.5 Å². The average molecular weight is 511 g/mol. The van der Waals surface area contributed by atoms with E-state index in [2.05, 4.69) is 5.32 Å². The number of benzene rings is 3. The van der Waals surface area contributed by atoms with Crippen molar-refractivity contribution >= 4 is 52.8 Å². The van der Waals surface area contributed by atoms with Gasteiger partial charge in [-0.15, -0.1) is 0 Å². The van der Waals surface area contributed by atoms with Crippen molar-refractivity contribution in [1.82, 2.24) is 5.32 Å². The van der Waals surface area contributed by atoms with Crippen molar-refractivity contribution in [2.75, 3.05) is 12.0 Å². The first-order chi connectivity index (χ1) is 16.8. The van der Waals surface area contributed by atoms with Gasteiger partial charge in [0.15, 0.2) is 0 Å². The van der Waals surface area contributed by atoms with Gasteiger partial charge in [0.25, 0.3) is 11.8 Å². The van der Waals surface area contributed by atoms with Gasteiger partial charge in [0.2, 0.25) is 0 Å². The third kappa shape index (κ3) is 5.16. The molecule has 4 amide bonds. The Hall–Kier alpha value is -3.81. The highest BCUT2D eigenvalue weighted by Crippen LogP contribution is 2.31. The molecule has 1 N–H and O–H groups in total. The molecule has 35 heavy (non-hydrogen) atoms. The summed E-state index contributed by atoms with van der Waals surface area (Å²) in [5.74, 6) is -0.648. The number of para-hydroxylation sites is 1. The van der Waals surface area contributed by atoms with Crippen LogP contribution in [0.3, 0.4) is 0 Å². The molecule has 1 saturated heterocycles. The molecule has 1 fully saturated rings. The summed E-state index contributed by atoms with van der Waals surface area (Å²) >= 11 is 12.1. The summed E-state index contributed by atoms with van der Waals surface area (Å²) in [5.41, 5.74) is 2.10. The Labute approximate surface area is 211 Å². The van der Waals surface area contributed by atoms with E-state index in [4.69, 9.17) is 32.7 Å². The lowest BCUT2D eigenvalue weighted by Gasteiger charge is -2.27. The number of rotatable bonds is 6. The van der Waals surface area contributed by atoms with Gasteiger partial charge in [-0.05, 0) is 54.5 Å². The first kappa shape index (κ1) is 24.3. The van der Waals surface area contributed by atoms with Crippen LogP contribution in [0, 0.1) is 6.92 Å². The molecule has 0 aromatic heterocycles. The third-order valence-corrected chi connectivity index (χ3v) is 6.10. The smallest absolute Gasteiger partial charge is 0.335 e. The summed E-state index contributed by atoms with van der Waals surface area (Å²) in [6.07, 6.45) is 1.39. The van der Waals surface area contributed by atoms with Gasteiger partial charge in [0.05, 0.1) is 22.8 Å². The predicted molar refractivity (Wildman–Crippen MR) is 134 cm³/mol. The molecule has 0 unspecified atom stereocenters. The van der Waals surface area contributed by atoms with E-state index in [0.717, 1.165) is 10.5 Å². The Kier molecular flexibility index (Phi) is 7.10. The molecule has 0 spiro atoms. The van der Waals surface area contributed by atoms with Gasteiger partial charge in [0.1, 0.15) is 23.7 Å². The maximum Gasteiger partial charge on any atom is 0.335 e. The molecule has 7 nitrogen and oxygen atoms in total. The van der Waals surface area contributed by atoms with Crippen LogP contribution >= 0.6 is 23.2 Å². The molecule has 0 atom stereocenters. The van der Waals surface area contributed by atoms with Crippen molar-refractivity contribution in [1.29, 1.82) is 0 Å². The average Bonchev–Trinajstić information content (AvgIpc) is 2.84. The number of barbiturate groups is 1. The maximum atomic E-state index is 13.3. The van der Waals surface area contributed by atoms with Gasteiger partial charge in [-0.25, -0.2) is 9.69 Å². The Balaban J connectivity index is 1.69. The number of nitrogens with one attached hydrogen (secondary N) is 1. The van der Waals surface area contributed by atoms with E-state index in [1.165, 1.54) is 13.2 Å². The topological polar surface area (TPSA) is 84.9 Å². The number of hydrogen-bond acceptors (Lipinski definition) is 5. The quantitative estimate of drug-likeness (QED) is 0.346. The summed E-state index contributed by atoms with van der Waals surface area (Å²) in [5, 5.41) is 3.06. The highest BCUT2D eigenvalue weighted by Gasteiger charge is 2.37. The summed E-state index contributed by atoms with van der Waals surface area (Å²) in [6.45, 7) is 1.92. The van der Waals surface area contributed by atoms with Crippen molar-refractivity contribution < 1.29 is 23.9 Å². The third-order valence-electron chi connectivity index (χ3n) is 5.36. The Morgan fingerprint density at radius 1 is 0.971 bits per heavy atom. The second kappa shape index (κ2) is 10.2. The number of halogens is 2. The van der Waals surface area contributed by atoms with Crippen LogP contribution in [0.1, 0.15) is 16.7 Å². The molecular formula is C26H20Cl2N2O5. The number of hydrogen-bond donors (Lipinski definition) is 1. The van der Waals surface area contributed by atoms with Crippen LogP contribution in [-0.4, -0.2) is 25.0 Å². The molecule has 1 heterocycles. The molecule has 3 aromatic rings. The van der Waals surface area contributed by atoms with Crippen LogP contribution in [0.15, 0.2) is 66.2 Å². The zero-order valence-electron chi connectivity index (χ0n) is 18.8. The fourth-order valence-electron chi connectivity index (χ4n) is 3.52. The van der Waals surface area contributed by atoms with Gasteiger partial charge in [-0.2, -0.15) is 0 Å². The first-order valence-corrected chi connectivity index (χ1v) is 11.3. The van der Waals surface area contributed by atoms with Gasteiger partial charge in [-0.3, -0.25) is 14.9 Å². The number of amides is 4. The highest BCUT2D eigenvalue weighted by atomic mass is 35.5. The van der Waals surface area contributed by atoms with Crippen LogP contribution < -0.4 is 19.7 Å². The summed E-state index contributed by atoms with van der Waals surface area (Å²) < 4.78 is 11.3. The van der Waals surface area contributed by atoms with E-state index >= 15 is 0 Å². The second-order valence-electron chi connectivity index (χ2n) is 7.69. The number of imide groups is 2. The van der Waals surface area contributed by atoms with E-state index in [1.54, 1.807) is 67.6 Å². The number of nitrogens with zero attached hydrogens (tertiary/aromatic N) is 1. The molecule has 0 radical (unpaired) electrons. The molecule has 1 aliphatic heterocycles. The summed E-state index contributed by atoms with van der Waals surface area (Å²) in [6, 6.07) is 16.2. The standard InChI is InChI=1S/C26H20Cl2N2O5/c1-15-5-3-4-6-22(15)30-25(32)19(24(31)29-26(30)33)12-17-8-9-18(34-2)13-23(17)35-14-16-7-10-20(27)21(28)11-16/h3-13H,14H2,1-2H3,(H,29,31,33)/b19-12+. The number of ether oxygens (including phenoxy) is 2. The number of carbonyl (C=O) groups is 3. The number of methoxy groups -OCH3 is 1. The van der Waals surface area contributed by atoms with Crippen LogP contribution in [0.25, 0.3) is 6.08 Å². The monoisotopic (exact) mass is 510 g/mol. The second-order valence-corrected chi connectivity index (χ2v) is 8.50. The zero-order chi connectivity index (χ0) is 25.1. The van der Waals surface area contributed by atoms with Gasteiger partial charge in [-0.1, -0.05) is 47.5 Å². The fraction of sp³-hybridized carbons (Fsp3) is 0.115. The minimum Gasteiger partial charge on any atom is -0.497 e. The van der Waals surface area contributed by atoms with Crippen molar-refractivity contribution in [3.63, 3.8) is 0 Å². The molecule has 0 bridgehead atoms. The van der Waals surface area contributed by atoms with Gasteiger partial charge >= 0.3 is 6.03 Å². The first-order valence-electron chi connectivity index (χ1n) is 10.5. The van der Waals surface area contributed by atoms with E-state index in [9.17, 15) is 14.4 Å². The van der Waals surface area contributed by atoms with Gasteiger partial charge in [0, 0.05) is 11.6 Å². The van der Waals surface area contributed by atoms with Crippen molar-refractivity contribution in [3.8, 4) is 11.5 Å². The largest absolute Gasteiger partial charge is 0.497 e. The summed E-state index contributed by atoms with van der Waals surface area (Å²) in [4.78, 5) is 39.4. The van der Waals surface area contributed by atoms with Crippen molar-refractivity contribution in [2.24, 2.45) is 0 Å². The fourth-order valence-corrected chi connectivity index (χ4v) is 3.84. The molecule has 9 heteroatoms. The van der Waals surface area contributed by atoms with E-state index in [1.807, 2.05) is 0 Å². The SMILES string of the molecule is COc1ccc(/C=C2\C(=O)NC(=O)N(c3ccccc3C)C2=O)c(OCc2ccc(Cl)c(Cl)c2)c1. The maximum absolute atomic E-state index is 13.3. The summed E-state index contributed by atoms with van der Waals surface area (Å²) in [7, 11) is 1.51. The number of carbonyl (C=O) groups excluding carboxylic acids is 3. The number of urea groups is 1. The van der Waals surface area contributed by atoms with Gasteiger partial charge < -0.3 is 9.47 Å². The molecule has 3 aromatic carbocycles. The molecule has 178 valence electrons. The number of aryl methyl sites for hydroxylation is 1. The molecular weight excluding hydrogens is 491 g/mol. The lowest BCUT2D eigenvalue weighted by molar-refractivity contribution is -0.122. The van der Waals surface area contributed by atoms with E-state index in [0.29, 0.717) is 38.4 Å². The normalized spacial score (nSPS) is 14.8. The minimum absolute atomic E-state index is 0.147. The van der Waals surface area contributed by atoms with Crippen molar-refractivity contribution in [2.45, 2.75) is 13.5 Å². The lowest BCUT2D eigenvalue weighted by Crippen LogP contribution is -2.54. The Morgan fingerprint density at radius 2 is 1.74 bits per heavy atom. The van der Waals surface area contributed by atoms with Crippen LogP contribution in [0.5, 0.6) is 11.5 Å². The van der Waals surface area contributed by atoms with E-state index < -0.39 is 17.8 Å². The minimum atomic E-state index is -0.808. The van der Waals surface area contributed by atoms with E-state index in [-0.39, 0.29) is 12.2 Å². The predicted octanol–water partition coefficient (Wildman–Crippen LogP) is 5.56. The van der Waals surface area contributed by atoms with Crippen molar-refractivity contribution in [3.05, 3.63) is 93.0 Å². The van der Waals surface area contributed by atoms with Crippen LogP contribution in [-0.2, 0) is 16.2 Å². The Morgan fingerprint density at radius 3 is 2.46 bits per heavy atom. The molecule has 0 aliphatic carbocycles. The molecule has 0 saturated carbocycles. The molecule has 4 rings (SSSR count). The highest BCUT2D eigenvalue weighted by molar-refractivity contribution is 6.42.